The van der Waals surface area contributed by atoms with Crippen LogP contribution in [0.15, 0.2) is 47.1 Å². The van der Waals surface area contributed by atoms with Crippen LogP contribution in [0, 0.1) is 0 Å². The lowest BCUT2D eigenvalue weighted by molar-refractivity contribution is -0.121. The maximum absolute atomic E-state index is 12.1. The maximum Gasteiger partial charge on any atom is 0.387 e. The van der Waals surface area contributed by atoms with Gasteiger partial charge in [-0.3, -0.25) is 4.79 Å². The number of nitrogens with one attached hydrogen (secondary N) is 1. The van der Waals surface area contributed by atoms with Crippen molar-refractivity contribution >= 4 is 5.91 Å². The molecule has 1 atom stereocenters. The van der Waals surface area contributed by atoms with Gasteiger partial charge in [0.2, 0.25) is 5.91 Å². The van der Waals surface area contributed by atoms with Crippen LogP contribution in [0.3, 0.4) is 0 Å². The number of aliphatic hydroxyl groups excluding tert-OH is 1. The van der Waals surface area contributed by atoms with E-state index in [9.17, 15) is 18.7 Å². The molecule has 118 valence electrons. The molecule has 1 aromatic carbocycles. The van der Waals surface area contributed by atoms with Crippen LogP contribution in [0.2, 0.25) is 0 Å². The smallest absolute Gasteiger partial charge is 0.387 e. The average Bonchev–Trinajstić information content (AvgIpc) is 2.98. The molecular formula is C15H15F2NO4. The van der Waals surface area contributed by atoms with Gasteiger partial charge in [0.25, 0.3) is 0 Å². The van der Waals surface area contributed by atoms with Crippen LogP contribution in [0.4, 0.5) is 8.78 Å². The van der Waals surface area contributed by atoms with Crippen molar-refractivity contribution in [2.24, 2.45) is 0 Å². The Hall–Kier alpha value is -2.41. The second kappa shape index (κ2) is 7.56. The molecule has 2 aromatic rings. The molecule has 0 spiro atoms. The topological polar surface area (TPSA) is 71.7 Å². The van der Waals surface area contributed by atoms with Crippen molar-refractivity contribution in [1.29, 1.82) is 0 Å². The highest BCUT2D eigenvalue weighted by atomic mass is 19.3. The summed E-state index contributed by atoms with van der Waals surface area (Å²) in [6, 6.07) is 8.53. The van der Waals surface area contributed by atoms with Gasteiger partial charge in [-0.2, -0.15) is 8.78 Å². The zero-order chi connectivity index (χ0) is 15.9. The lowest BCUT2D eigenvalue weighted by Gasteiger charge is -2.14. The van der Waals surface area contributed by atoms with Crippen molar-refractivity contribution in [3.63, 3.8) is 0 Å². The normalized spacial score (nSPS) is 12.2. The van der Waals surface area contributed by atoms with Crippen molar-refractivity contribution in [2.45, 2.75) is 19.1 Å². The SMILES string of the molecule is O=C(Cc1cccc(OC(F)F)c1)NC(CO)c1ccco1. The van der Waals surface area contributed by atoms with Gasteiger partial charge in [-0.15, -0.1) is 0 Å². The Labute approximate surface area is 125 Å². The van der Waals surface area contributed by atoms with Gasteiger partial charge < -0.3 is 19.6 Å². The predicted octanol–water partition coefficient (Wildman–Crippen LogP) is 2.27. The largest absolute Gasteiger partial charge is 0.467 e. The number of alkyl halides is 2. The minimum Gasteiger partial charge on any atom is -0.467 e. The monoisotopic (exact) mass is 311 g/mol. The Morgan fingerprint density at radius 1 is 1.32 bits per heavy atom. The first-order chi connectivity index (χ1) is 10.6. The number of furan rings is 1. The molecule has 0 fully saturated rings. The molecule has 22 heavy (non-hydrogen) atoms. The summed E-state index contributed by atoms with van der Waals surface area (Å²) in [6.07, 6.45) is 1.41. The van der Waals surface area contributed by atoms with E-state index < -0.39 is 12.7 Å². The van der Waals surface area contributed by atoms with Gasteiger partial charge in [0.15, 0.2) is 0 Å². The van der Waals surface area contributed by atoms with Crippen LogP contribution >= 0.6 is 0 Å². The summed E-state index contributed by atoms with van der Waals surface area (Å²) in [5, 5.41) is 11.9. The van der Waals surface area contributed by atoms with E-state index in [1.165, 1.54) is 24.5 Å². The van der Waals surface area contributed by atoms with Crippen molar-refractivity contribution < 1.29 is 27.8 Å². The Bertz CT molecular complexity index is 601. The van der Waals surface area contributed by atoms with E-state index in [2.05, 4.69) is 10.1 Å². The van der Waals surface area contributed by atoms with Crippen molar-refractivity contribution in [2.75, 3.05) is 6.61 Å². The molecule has 7 heteroatoms. The van der Waals surface area contributed by atoms with E-state index in [0.29, 0.717) is 11.3 Å². The van der Waals surface area contributed by atoms with Crippen LogP contribution in [-0.2, 0) is 11.2 Å². The lowest BCUT2D eigenvalue weighted by Crippen LogP contribution is -2.31. The molecule has 1 amide bonds. The quantitative estimate of drug-likeness (QED) is 0.823. The van der Waals surface area contributed by atoms with Crippen LogP contribution in [0.25, 0.3) is 0 Å². The third-order valence-electron chi connectivity index (χ3n) is 2.89. The van der Waals surface area contributed by atoms with E-state index in [0.717, 1.165) is 0 Å². The summed E-state index contributed by atoms with van der Waals surface area (Å²) < 4.78 is 33.7. The summed E-state index contributed by atoms with van der Waals surface area (Å²) in [5.41, 5.74) is 0.520. The van der Waals surface area contributed by atoms with Crippen molar-refractivity contribution in [1.82, 2.24) is 5.32 Å². The molecule has 2 N–H and O–H groups in total. The Morgan fingerprint density at radius 3 is 2.77 bits per heavy atom. The lowest BCUT2D eigenvalue weighted by atomic mass is 10.1. The fraction of sp³-hybridized carbons (Fsp3) is 0.267. The third kappa shape index (κ3) is 4.56. The van der Waals surface area contributed by atoms with Crippen molar-refractivity contribution in [3.05, 3.63) is 54.0 Å². The highest BCUT2D eigenvalue weighted by molar-refractivity contribution is 5.79. The maximum atomic E-state index is 12.1. The van der Waals surface area contributed by atoms with E-state index in [-0.39, 0.29) is 24.7 Å². The molecule has 0 aliphatic heterocycles. The number of aliphatic hydroxyl groups is 1. The van der Waals surface area contributed by atoms with Crippen LogP contribution in [0.1, 0.15) is 17.4 Å². The minimum atomic E-state index is -2.92. The number of amides is 1. The van der Waals surface area contributed by atoms with E-state index in [4.69, 9.17) is 4.42 Å². The molecule has 2 rings (SSSR count). The molecule has 0 radical (unpaired) electrons. The number of hydrogen-bond donors (Lipinski definition) is 2. The first-order valence-electron chi connectivity index (χ1n) is 6.56. The first-order valence-corrected chi connectivity index (χ1v) is 6.56. The second-order valence-corrected chi connectivity index (χ2v) is 4.52. The Morgan fingerprint density at radius 2 is 2.14 bits per heavy atom. The standard InChI is InChI=1S/C15H15F2NO4/c16-15(17)22-11-4-1-3-10(7-11)8-14(20)18-12(9-19)13-5-2-6-21-13/h1-7,12,15,19H,8-9H2,(H,18,20). The van der Waals surface area contributed by atoms with Crippen LogP contribution < -0.4 is 10.1 Å². The molecule has 0 bridgehead atoms. The van der Waals surface area contributed by atoms with Gasteiger partial charge in [0, 0.05) is 0 Å². The van der Waals surface area contributed by atoms with E-state index in [1.807, 2.05) is 0 Å². The molecule has 0 saturated heterocycles. The highest BCUT2D eigenvalue weighted by Crippen LogP contribution is 2.17. The zero-order valence-electron chi connectivity index (χ0n) is 11.5. The van der Waals surface area contributed by atoms with Gasteiger partial charge in [-0.05, 0) is 29.8 Å². The van der Waals surface area contributed by atoms with E-state index >= 15 is 0 Å². The molecule has 1 unspecified atom stereocenters. The summed E-state index contributed by atoms with van der Waals surface area (Å²) >= 11 is 0. The second-order valence-electron chi connectivity index (χ2n) is 4.52. The number of carbonyl (C=O) groups is 1. The van der Waals surface area contributed by atoms with Gasteiger partial charge >= 0.3 is 6.61 Å². The Balaban J connectivity index is 1.96. The molecule has 1 heterocycles. The molecular weight excluding hydrogens is 296 g/mol. The van der Waals surface area contributed by atoms with E-state index in [1.54, 1.807) is 18.2 Å². The predicted molar refractivity (Wildman–Crippen MR) is 73.5 cm³/mol. The summed E-state index contributed by atoms with van der Waals surface area (Å²) in [7, 11) is 0. The van der Waals surface area contributed by atoms with Gasteiger partial charge in [-0.25, -0.2) is 0 Å². The fourth-order valence-electron chi connectivity index (χ4n) is 1.96. The van der Waals surface area contributed by atoms with Gasteiger partial charge in [0.1, 0.15) is 17.6 Å². The minimum absolute atomic E-state index is 0.00922. The van der Waals surface area contributed by atoms with Crippen LogP contribution in [-0.4, -0.2) is 24.2 Å². The number of hydrogen-bond acceptors (Lipinski definition) is 4. The first kappa shape index (κ1) is 16.0. The molecule has 1 aromatic heterocycles. The Kier molecular flexibility index (Phi) is 5.48. The highest BCUT2D eigenvalue weighted by Gasteiger charge is 2.16. The van der Waals surface area contributed by atoms with Gasteiger partial charge in [-0.1, -0.05) is 12.1 Å². The van der Waals surface area contributed by atoms with Gasteiger partial charge in [0.05, 0.1) is 19.3 Å². The summed E-state index contributed by atoms with van der Waals surface area (Å²) in [6.45, 7) is -3.23. The molecule has 0 aliphatic rings. The number of rotatable bonds is 7. The summed E-state index contributed by atoms with van der Waals surface area (Å²) in [5.74, 6) is 0.0559. The summed E-state index contributed by atoms with van der Waals surface area (Å²) in [4.78, 5) is 12.0. The number of halogens is 2. The fourth-order valence-corrected chi connectivity index (χ4v) is 1.96. The number of ether oxygens (including phenoxy) is 1. The van der Waals surface area contributed by atoms with Crippen molar-refractivity contribution in [3.8, 4) is 5.75 Å². The molecule has 0 saturated carbocycles. The van der Waals surface area contributed by atoms with Crippen LogP contribution in [0.5, 0.6) is 5.75 Å². The third-order valence-corrected chi connectivity index (χ3v) is 2.89. The molecule has 0 aliphatic carbocycles. The number of carbonyl (C=O) groups excluding carboxylic acids is 1. The zero-order valence-corrected chi connectivity index (χ0v) is 11.5. The molecule has 5 nitrogen and oxygen atoms in total. The average molecular weight is 311 g/mol. The number of benzene rings is 1.